The number of hydrogen-bond acceptors (Lipinski definition) is 4. The normalized spacial score (nSPS) is 16.6. The molecule has 0 fully saturated rings. The minimum absolute atomic E-state index is 0.100. The van der Waals surface area contributed by atoms with Gasteiger partial charge in [-0.3, -0.25) is 5.43 Å². The minimum atomic E-state index is -0.100. The Morgan fingerprint density at radius 2 is 1.70 bits per heavy atom. The molecule has 0 radical (unpaired) electrons. The molecule has 0 amide bonds. The maximum absolute atomic E-state index is 4.74. The topological polar surface area (TPSA) is 68.7 Å². The molecule has 0 saturated carbocycles. The summed E-state index contributed by atoms with van der Waals surface area (Å²) in [7, 11) is 2.09. The Labute approximate surface area is 193 Å². The zero-order chi connectivity index (χ0) is 22.8. The van der Waals surface area contributed by atoms with Crippen molar-refractivity contribution in [3.63, 3.8) is 0 Å². The minimum Gasteiger partial charge on any atom is -0.347 e. The Balaban J connectivity index is 1.44. The Kier molecular flexibility index (Phi) is 5.26. The second kappa shape index (κ2) is 8.39. The predicted molar refractivity (Wildman–Crippen MR) is 136 cm³/mol. The van der Waals surface area contributed by atoms with Gasteiger partial charge in [-0.15, -0.1) is 0 Å². The number of amidine groups is 1. The van der Waals surface area contributed by atoms with Crippen LogP contribution in [0.1, 0.15) is 25.2 Å². The number of hydrogen-bond donors (Lipinski definition) is 2. The molecule has 33 heavy (non-hydrogen) atoms. The van der Waals surface area contributed by atoms with Crippen LogP contribution in [0.15, 0.2) is 101 Å². The molecule has 0 bridgehead atoms. The van der Waals surface area contributed by atoms with E-state index in [1.807, 2.05) is 60.7 Å². The van der Waals surface area contributed by atoms with E-state index >= 15 is 0 Å². The number of aliphatic imine (C=N–C) groups is 1. The maximum atomic E-state index is 4.74. The number of nitrogens with zero attached hydrogens (tertiary/aromatic N) is 4. The first kappa shape index (κ1) is 20.7. The molecule has 1 aromatic heterocycles. The van der Waals surface area contributed by atoms with Crippen molar-refractivity contribution in [3.8, 4) is 0 Å². The summed E-state index contributed by atoms with van der Waals surface area (Å²) < 4.78 is 0. The average Bonchev–Trinajstić information content (AvgIpc) is 3.35. The second-order valence-corrected chi connectivity index (χ2v) is 8.54. The molecule has 1 aliphatic rings. The number of allylic oxidation sites excluding steroid dienone is 2. The van der Waals surface area contributed by atoms with Crippen LogP contribution in [-0.4, -0.2) is 29.1 Å². The van der Waals surface area contributed by atoms with Crippen LogP contribution < -0.4 is 10.3 Å². The molecule has 4 aromatic rings. The van der Waals surface area contributed by atoms with E-state index in [4.69, 9.17) is 4.99 Å². The maximum Gasteiger partial charge on any atom is 0.190 e. The first-order valence-corrected chi connectivity index (χ1v) is 11.0. The van der Waals surface area contributed by atoms with Gasteiger partial charge in [-0.1, -0.05) is 62.4 Å². The average molecular weight is 435 g/mol. The van der Waals surface area contributed by atoms with Gasteiger partial charge in [0.2, 0.25) is 0 Å². The summed E-state index contributed by atoms with van der Waals surface area (Å²) in [4.78, 5) is 15.0. The predicted octanol–water partition coefficient (Wildman–Crippen LogP) is 5.53. The van der Waals surface area contributed by atoms with Crippen molar-refractivity contribution in [2.45, 2.75) is 19.3 Å². The van der Waals surface area contributed by atoms with Gasteiger partial charge in [0.15, 0.2) is 11.7 Å². The van der Waals surface area contributed by atoms with Crippen molar-refractivity contribution >= 4 is 34.5 Å². The lowest BCUT2D eigenvalue weighted by Gasteiger charge is -2.23. The number of likely N-dealkylation sites (N-methyl/N-ethyl adjacent to an activating group) is 1. The largest absolute Gasteiger partial charge is 0.347 e. The molecule has 6 nitrogen and oxygen atoms in total. The second-order valence-electron chi connectivity index (χ2n) is 8.54. The number of imidazole rings is 1. The molecule has 0 saturated heterocycles. The first-order chi connectivity index (χ1) is 16.0. The number of hydrazone groups is 1. The van der Waals surface area contributed by atoms with Crippen LogP contribution in [0.4, 0.5) is 11.4 Å². The van der Waals surface area contributed by atoms with Crippen LogP contribution >= 0.6 is 0 Å². The van der Waals surface area contributed by atoms with Gasteiger partial charge in [-0.25, -0.2) is 9.98 Å². The van der Waals surface area contributed by atoms with Crippen molar-refractivity contribution in [2.24, 2.45) is 10.1 Å². The number of nitrogens with one attached hydrogen (secondary N) is 2. The monoisotopic (exact) mass is 434 g/mol. The lowest BCUT2D eigenvalue weighted by atomic mass is 9.84. The molecular formula is C27H26N6. The summed E-state index contributed by atoms with van der Waals surface area (Å²) in [6.07, 6.45) is 3.83. The standard InChI is InChI=1S/C27H26N6/c1-27(2)20-13-7-10-16-23(20)33(3)24(27)17-18-28-32-26(29-19-11-5-4-6-12-19)25-30-21-14-8-9-15-22(21)31-25/h4-18H,1-3H3,(H,29,32)(H,30,31). The fourth-order valence-corrected chi connectivity index (χ4v) is 4.34. The van der Waals surface area contributed by atoms with Crippen molar-refractivity contribution < 1.29 is 0 Å². The van der Waals surface area contributed by atoms with Gasteiger partial charge < -0.3 is 9.88 Å². The number of aromatic amines is 1. The van der Waals surface area contributed by atoms with Gasteiger partial charge >= 0.3 is 0 Å². The summed E-state index contributed by atoms with van der Waals surface area (Å²) in [5.74, 6) is 1.19. The van der Waals surface area contributed by atoms with Crippen LogP contribution in [0, 0.1) is 0 Å². The zero-order valence-electron chi connectivity index (χ0n) is 18.9. The molecule has 5 rings (SSSR count). The molecular weight excluding hydrogens is 408 g/mol. The van der Waals surface area contributed by atoms with Crippen molar-refractivity contribution in [1.29, 1.82) is 0 Å². The van der Waals surface area contributed by atoms with Gasteiger partial charge in [-0.2, -0.15) is 5.10 Å². The van der Waals surface area contributed by atoms with Crippen molar-refractivity contribution in [3.05, 3.63) is 102 Å². The van der Waals surface area contributed by atoms with E-state index in [0.29, 0.717) is 11.7 Å². The third-order valence-corrected chi connectivity index (χ3v) is 6.03. The van der Waals surface area contributed by atoms with Gasteiger partial charge in [0.25, 0.3) is 0 Å². The number of H-pyrrole nitrogens is 1. The lowest BCUT2D eigenvalue weighted by molar-refractivity contribution is 0.641. The van der Waals surface area contributed by atoms with Crippen LogP contribution in [0.5, 0.6) is 0 Å². The summed E-state index contributed by atoms with van der Waals surface area (Å²) in [6, 6.07) is 26.2. The SMILES string of the molecule is CN1C(=CC=NNC(=Nc2ccccc2)c2nc3ccccc3[nH]2)C(C)(C)c2ccccc21. The van der Waals surface area contributed by atoms with E-state index < -0.39 is 0 Å². The van der Waals surface area contributed by atoms with E-state index in [-0.39, 0.29) is 5.41 Å². The van der Waals surface area contributed by atoms with E-state index in [2.05, 4.69) is 70.6 Å². The Hall–Kier alpha value is -4.19. The van der Waals surface area contributed by atoms with Crippen LogP contribution in [0.2, 0.25) is 0 Å². The Morgan fingerprint density at radius 3 is 2.48 bits per heavy atom. The number of rotatable bonds is 4. The number of benzene rings is 3. The molecule has 3 aromatic carbocycles. The highest BCUT2D eigenvalue weighted by Crippen LogP contribution is 2.46. The van der Waals surface area contributed by atoms with Gasteiger partial charge in [0.05, 0.1) is 16.7 Å². The molecule has 0 aliphatic carbocycles. The highest BCUT2D eigenvalue weighted by molar-refractivity contribution is 6.00. The summed E-state index contributed by atoms with van der Waals surface area (Å²) >= 11 is 0. The molecule has 164 valence electrons. The molecule has 2 N–H and O–H groups in total. The third-order valence-electron chi connectivity index (χ3n) is 6.03. The Morgan fingerprint density at radius 1 is 0.970 bits per heavy atom. The van der Waals surface area contributed by atoms with E-state index in [1.54, 1.807) is 6.21 Å². The molecule has 0 spiro atoms. The van der Waals surface area contributed by atoms with Gasteiger partial charge in [-0.05, 0) is 42.0 Å². The fraction of sp³-hybridized carbons (Fsp3) is 0.148. The lowest BCUT2D eigenvalue weighted by Crippen LogP contribution is -2.23. The van der Waals surface area contributed by atoms with E-state index in [9.17, 15) is 0 Å². The van der Waals surface area contributed by atoms with Crippen LogP contribution in [0.3, 0.4) is 0 Å². The quantitative estimate of drug-likeness (QED) is 0.252. The fourth-order valence-electron chi connectivity index (χ4n) is 4.34. The molecule has 6 heteroatoms. The summed E-state index contributed by atoms with van der Waals surface area (Å²) in [5.41, 5.74) is 9.37. The highest BCUT2D eigenvalue weighted by Gasteiger charge is 2.37. The summed E-state index contributed by atoms with van der Waals surface area (Å²) in [6.45, 7) is 4.47. The molecule has 2 heterocycles. The number of fused-ring (bicyclic) bond motifs is 2. The van der Waals surface area contributed by atoms with Crippen LogP contribution in [0.25, 0.3) is 11.0 Å². The van der Waals surface area contributed by atoms with Gasteiger partial charge in [0, 0.05) is 30.1 Å². The number of para-hydroxylation sites is 4. The molecule has 1 aliphatic heterocycles. The number of anilines is 1. The van der Waals surface area contributed by atoms with E-state index in [0.717, 1.165) is 16.7 Å². The van der Waals surface area contributed by atoms with Crippen LogP contribution in [-0.2, 0) is 5.41 Å². The smallest absolute Gasteiger partial charge is 0.190 e. The number of aromatic nitrogens is 2. The van der Waals surface area contributed by atoms with Crippen molar-refractivity contribution in [1.82, 2.24) is 15.4 Å². The molecule has 0 unspecified atom stereocenters. The highest BCUT2D eigenvalue weighted by atomic mass is 15.3. The summed E-state index contributed by atoms with van der Waals surface area (Å²) in [5, 5.41) is 4.47. The molecule has 0 atom stereocenters. The van der Waals surface area contributed by atoms with Gasteiger partial charge in [0.1, 0.15) is 0 Å². The zero-order valence-corrected chi connectivity index (χ0v) is 18.9. The third kappa shape index (κ3) is 3.91. The Bertz CT molecular complexity index is 1350. The first-order valence-electron chi connectivity index (χ1n) is 11.0. The van der Waals surface area contributed by atoms with Crippen molar-refractivity contribution in [2.75, 3.05) is 11.9 Å². The van der Waals surface area contributed by atoms with E-state index in [1.165, 1.54) is 16.9 Å².